The van der Waals surface area contributed by atoms with Crippen molar-refractivity contribution < 1.29 is 9.47 Å². The van der Waals surface area contributed by atoms with Crippen molar-refractivity contribution >= 4 is 17.7 Å². The van der Waals surface area contributed by atoms with Crippen LogP contribution in [0.5, 0.6) is 0 Å². The summed E-state index contributed by atoms with van der Waals surface area (Å²) in [5, 5.41) is 38.9. The highest BCUT2D eigenvalue weighted by molar-refractivity contribution is 7.98. The van der Waals surface area contributed by atoms with Gasteiger partial charge in [0.25, 0.3) is 0 Å². The first-order chi connectivity index (χ1) is 13.0. The first-order valence-corrected chi connectivity index (χ1v) is 10.1. The Morgan fingerprint density at radius 1 is 1.11 bits per heavy atom. The summed E-state index contributed by atoms with van der Waals surface area (Å²) in [6.45, 7) is 0. The average molecular weight is 378 g/mol. The molecule has 2 saturated heterocycles. The molecule has 3 aliphatic rings. The fraction of sp³-hybridized carbons (Fsp3) is 0.500. The standard InChI is InChI=1S/C20H18N4O2S/c1-27-14-7-5-13(6-8-14)16-18(10-21,11-22)19(12-23)15-4-2-3-9-20(15,25-16)26-17(19)24/h5-8,15-16,24H,2-4,9H2,1H3. The lowest BCUT2D eigenvalue weighted by atomic mass is 9.51. The monoisotopic (exact) mass is 378 g/mol. The van der Waals surface area contributed by atoms with Crippen LogP contribution in [0.15, 0.2) is 29.2 Å². The van der Waals surface area contributed by atoms with Gasteiger partial charge in [-0.25, -0.2) is 0 Å². The molecule has 7 heteroatoms. The maximum atomic E-state index is 10.2. The highest BCUT2D eigenvalue weighted by Gasteiger charge is 2.80. The second-order valence-electron chi connectivity index (χ2n) is 7.26. The lowest BCUT2D eigenvalue weighted by molar-refractivity contribution is -0.294. The fourth-order valence-corrected chi connectivity index (χ4v) is 5.35. The second kappa shape index (κ2) is 5.99. The predicted molar refractivity (Wildman–Crippen MR) is 97.3 cm³/mol. The molecule has 2 heterocycles. The molecule has 4 unspecified atom stereocenters. The maximum absolute atomic E-state index is 10.2. The van der Waals surface area contributed by atoms with Crippen molar-refractivity contribution in [1.29, 1.82) is 21.2 Å². The molecule has 3 fully saturated rings. The van der Waals surface area contributed by atoms with Gasteiger partial charge in [-0.05, 0) is 36.8 Å². The van der Waals surface area contributed by atoms with Crippen LogP contribution in [0.3, 0.4) is 0 Å². The number of ether oxygens (including phenoxy) is 2. The van der Waals surface area contributed by atoms with Crippen molar-refractivity contribution in [3.8, 4) is 18.2 Å². The van der Waals surface area contributed by atoms with Crippen molar-refractivity contribution in [3.05, 3.63) is 29.8 Å². The zero-order valence-electron chi connectivity index (χ0n) is 14.9. The zero-order valence-corrected chi connectivity index (χ0v) is 15.7. The van der Waals surface area contributed by atoms with E-state index < -0.39 is 28.6 Å². The number of thioether (sulfide) groups is 1. The third kappa shape index (κ3) is 2.00. The summed E-state index contributed by atoms with van der Waals surface area (Å²) in [6.07, 6.45) is 3.87. The molecule has 6 nitrogen and oxygen atoms in total. The fourth-order valence-electron chi connectivity index (χ4n) is 4.94. The molecule has 2 bridgehead atoms. The zero-order chi connectivity index (χ0) is 19.3. The molecule has 0 aromatic heterocycles. The van der Waals surface area contributed by atoms with Crippen LogP contribution < -0.4 is 0 Å². The third-order valence-electron chi connectivity index (χ3n) is 6.23. The molecule has 0 amide bonds. The largest absolute Gasteiger partial charge is 0.447 e. The lowest BCUT2D eigenvalue weighted by Gasteiger charge is -2.51. The van der Waals surface area contributed by atoms with Gasteiger partial charge in [-0.3, -0.25) is 5.41 Å². The van der Waals surface area contributed by atoms with Crippen LogP contribution in [0, 0.1) is 56.2 Å². The smallest absolute Gasteiger partial charge is 0.217 e. The normalized spacial score (nSPS) is 35.9. The van der Waals surface area contributed by atoms with E-state index in [2.05, 4.69) is 18.2 Å². The van der Waals surface area contributed by atoms with Crippen LogP contribution >= 0.6 is 11.8 Å². The van der Waals surface area contributed by atoms with E-state index in [9.17, 15) is 15.8 Å². The number of hydrogen-bond donors (Lipinski definition) is 1. The average Bonchev–Trinajstić information content (AvgIpc) is 2.92. The Morgan fingerprint density at radius 2 is 1.81 bits per heavy atom. The van der Waals surface area contributed by atoms with Gasteiger partial charge in [0.2, 0.25) is 17.1 Å². The van der Waals surface area contributed by atoms with Crippen LogP contribution in [0.4, 0.5) is 0 Å². The summed E-state index contributed by atoms with van der Waals surface area (Å²) in [5.74, 6) is -1.90. The minimum Gasteiger partial charge on any atom is -0.447 e. The van der Waals surface area contributed by atoms with Crippen molar-refractivity contribution in [2.24, 2.45) is 16.7 Å². The Balaban J connectivity index is 1.95. The minimum atomic E-state index is -1.85. The first-order valence-electron chi connectivity index (χ1n) is 8.87. The number of nitrogens with one attached hydrogen (secondary N) is 1. The van der Waals surface area contributed by atoms with Gasteiger partial charge < -0.3 is 9.47 Å². The molecule has 136 valence electrons. The summed E-state index contributed by atoms with van der Waals surface area (Å²) in [6, 6.07) is 13.8. The number of benzene rings is 1. The van der Waals surface area contributed by atoms with Gasteiger partial charge in [-0.1, -0.05) is 18.6 Å². The number of rotatable bonds is 2. The molecule has 1 aromatic rings. The first kappa shape index (κ1) is 17.9. The summed E-state index contributed by atoms with van der Waals surface area (Å²) in [7, 11) is 0. The molecule has 4 rings (SSSR count). The van der Waals surface area contributed by atoms with E-state index >= 15 is 0 Å². The maximum Gasteiger partial charge on any atom is 0.217 e. The highest BCUT2D eigenvalue weighted by atomic mass is 32.2. The van der Waals surface area contributed by atoms with E-state index in [1.807, 2.05) is 30.5 Å². The number of nitriles is 3. The van der Waals surface area contributed by atoms with Gasteiger partial charge in [0.05, 0.1) is 24.1 Å². The molecule has 27 heavy (non-hydrogen) atoms. The van der Waals surface area contributed by atoms with Crippen molar-refractivity contribution in [3.63, 3.8) is 0 Å². The van der Waals surface area contributed by atoms with Gasteiger partial charge in [-0.2, -0.15) is 15.8 Å². The van der Waals surface area contributed by atoms with Crippen LogP contribution in [0.1, 0.15) is 37.4 Å². The van der Waals surface area contributed by atoms with Crippen LogP contribution in [0.25, 0.3) is 0 Å². The molecule has 1 N–H and O–H groups in total. The van der Waals surface area contributed by atoms with E-state index in [4.69, 9.17) is 14.9 Å². The lowest BCUT2D eigenvalue weighted by Crippen LogP contribution is -2.60. The molecule has 2 aliphatic heterocycles. The predicted octanol–water partition coefficient (Wildman–Crippen LogP) is 3.92. The number of hydrogen-bond acceptors (Lipinski definition) is 7. The van der Waals surface area contributed by atoms with Crippen molar-refractivity contribution in [2.45, 2.75) is 42.5 Å². The van der Waals surface area contributed by atoms with E-state index in [0.717, 1.165) is 17.7 Å². The van der Waals surface area contributed by atoms with Crippen molar-refractivity contribution in [1.82, 2.24) is 0 Å². The highest BCUT2D eigenvalue weighted by Crippen LogP contribution is 2.69. The van der Waals surface area contributed by atoms with Gasteiger partial charge in [0, 0.05) is 11.3 Å². The molecular weight excluding hydrogens is 360 g/mol. The minimum absolute atomic E-state index is 0.303. The molecule has 0 radical (unpaired) electrons. The Morgan fingerprint density at radius 3 is 2.41 bits per heavy atom. The summed E-state index contributed by atoms with van der Waals surface area (Å²) in [5.41, 5.74) is -2.82. The summed E-state index contributed by atoms with van der Waals surface area (Å²) < 4.78 is 12.2. The molecule has 1 aromatic carbocycles. The molecule has 1 aliphatic carbocycles. The van der Waals surface area contributed by atoms with E-state index in [1.165, 1.54) is 0 Å². The van der Waals surface area contributed by atoms with Crippen molar-refractivity contribution in [2.75, 3.05) is 6.26 Å². The van der Waals surface area contributed by atoms with Crippen LogP contribution in [0.2, 0.25) is 0 Å². The Bertz CT molecular complexity index is 911. The molecule has 4 atom stereocenters. The van der Waals surface area contributed by atoms with Gasteiger partial charge >= 0.3 is 0 Å². The SMILES string of the molecule is CSc1ccc(C2OC34CCCCC3C(C#N)(C(=N)O4)C2(C#N)C#N)cc1. The Hall–Kier alpha value is -2.53. The van der Waals surface area contributed by atoms with E-state index in [1.54, 1.807) is 11.8 Å². The number of nitrogens with zero attached hydrogens (tertiary/aromatic N) is 3. The molecule has 0 spiro atoms. The summed E-state index contributed by atoms with van der Waals surface area (Å²) >= 11 is 1.59. The van der Waals surface area contributed by atoms with E-state index in [-0.39, 0.29) is 5.90 Å². The molecular formula is C20H18N4O2S. The third-order valence-corrected chi connectivity index (χ3v) is 6.98. The summed E-state index contributed by atoms with van der Waals surface area (Å²) in [4.78, 5) is 1.05. The van der Waals surface area contributed by atoms with Gasteiger partial charge in [0.15, 0.2) is 5.41 Å². The topological polar surface area (TPSA) is 114 Å². The Labute approximate surface area is 162 Å². The van der Waals surface area contributed by atoms with Crippen LogP contribution in [-0.2, 0) is 9.47 Å². The van der Waals surface area contributed by atoms with Gasteiger partial charge in [-0.15, -0.1) is 11.8 Å². The van der Waals surface area contributed by atoms with E-state index in [0.29, 0.717) is 18.4 Å². The quantitative estimate of drug-likeness (QED) is 0.780. The Kier molecular flexibility index (Phi) is 3.96. The van der Waals surface area contributed by atoms with Crippen LogP contribution in [-0.4, -0.2) is 17.9 Å². The second-order valence-corrected chi connectivity index (χ2v) is 8.14. The molecule has 1 saturated carbocycles. The van der Waals surface area contributed by atoms with Gasteiger partial charge in [0.1, 0.15) is 6.10 Å².